The summed E-state index contributed by atoms with van der Waals surface area (Å²) in [5.74, 6) is 0.669. The van der Waals surface area contributed by atoms with Gasteiger partial charge in [-0.3, -0.25) is 19.2 Å². The molecule has 0 spiro atoms. The van der Waals surface area contributed by atoms with Crippen molar-refractivity contribution in [2.45, 2.75) is 27.2 Å². The first-order valence-corrected chi connectivity index (χ1v) is 9.81. The van der Waals surface area contributed by atoms with Crippen molar-refractivity contribution in [2.24, 2.45) is 0 Å². The highest BCUT2D eigenvalue weighted by Crippen LogP contribution is 2.23. The number of rotatable bonds is 8. The summed E-state index contributed by atoms with van der Waals surface area (Å²) in [6.45, 7) is 4.38. The van der Waals surface area contributed by atoms with Crippen molar-refractivity contribution in [3.63, 3.8) is 0 Å². The van der Waals surface area contributed by atoms with E-state index in [9.17, 15) is 19.2 Å². The zero-order valence-electron chi connectivity index (χ0n) is 17.6. The topological polar surface area (TPSA) is 77.5 Å². The zero-order valence-corrected chi connectivity index (χ0v) is 17.6. The Labute approximate surface area is 180 Å². The molecule has 0 aliphatic carbocycles. The number of hydrogen-bond acceptors (Lipinski definition) is 5. The maximum atomic E-state index is 12.8. The Kier molecular flexibility index (Phi) is 6.55. The van der Waals surface area contributed by atoms with Crippen LogP contribution in [0.5, 0.6) is 11.5 Å². The summed E-state index contributed by atoms with van der Waals surface area (Å²) in [6, 6.07) is 18.3. The van der Waals surface area contributed by atoms with Crippen molar-refractivity contribution >= 4 is 23.1 Å². The number of ketones is 4. The van der Waals surface area contributed by atoms with Crippen LogP contribution in [0.2, 0.25) is 0 Å². The van der Waals surface area contributed by atoms with Gasteiger partial charge in [0.25, 0.3) is 0 Å². The highest BCUT2D eigenvalue weighted by molar-refractivity contribution is 6.03. The maximum absolute atomic E-state index is 12.8. The van der Waals surface area contributed by atoms with Crippen molar-refractivity contribution in [3.05, 3.63) is 94.5 Å². The van der Waals surface area contributed by atoms with Crippen LogP contribution in [0.15, 0.2) is 66.7 Å². The van der Waals surface area contributed by atoms with Crippen molar-refractivity contribution in [1.82, 2.24) is 0 Å². The van der Waals surface area contributed by atoms with E-state index in [1.165, 1.54) is 20.8 Å². The molecule has 5 nitrogen and oxygen atoms in total. The fraction of sp³-hybridized carbons (Fsp3) is 0.154. The molecule has 3 aromatic rings. The number of Topliss-reactive ketones (excluding diaryl/α,β-unsaturated/α-hetero) is 4. The van der Waals surface area contributed by atoms with E-state index in [4.69, 9.17) is 4.74 Å². The van der Waals surface area contributed by atoms with Gasteiger partial charge in [-0.25, -0.2) is 0 Å². The fourth-order valence-electron chi connectivity index (χ4n) is 3.18. The van der Waals surface area contributed by atoms with Crippen molar-refractivity contribution in [2.75, 3.05) is 0 Å². The third kappa shape index (κ3) is 5.39. The Morgan fingerprint density at radius 3 is 1.58 bits per heavy atom. The molecule has 0 unspecified atom stereocenters. The van der Waals surface area contributed by atoms with Gasteiger partial charge in [-0.2, -0.15) is 0 Å². The van der Waals surface area contributed by atoms with Gasteiger partial charge in [-0.15, -0.1) is 0 Å². The number of carbonyl (C=O) groups excluding carboxylic acids is 4. The lowest BCUT2D eigenvalue weighted by Crippen LogP contribution is -2.09. The Morgan fingerprint density at radius 1 is 0.613 bits per heavy atom. The molecule has 0 aliphatic rings. The van der Waals surface area contributed by atoms with Crippen LogP contribution in [0, 0.1) is 0 Å². The quantitative estimate of drug-likeness (QED) is 0.454. The van der Waals surface area contributed by atoms with Crippen LogP contribution in [-0.4, -0.2) is 23.1 Å². The average Bonchev–Trinajstić information content (AvgIpc) is 2.74. The molecule has 156 valence electrons. The van der Waals surface area contributed by atoms with Crippen LogP contribution in [0.25, 0.3) is 0 Å². The van der Waals surface area contributed by atoms with Gasteiger partial charge < -0.3 is 4.74 Å². The highest BCUT2D eigenvalue weighted by Gasteiger charge is 2.15. The summed E-state index contributed by atoms with van der Waals surface area (Å²) < 4.78 is 5.75. The van der Waals surface area contributed by atoms with Crippen LogP contribution < -0.4 is 4.74 Å². The van der Waals surface area contributed by atoms with Crippen molar-refractivity contribution < 1.29 is 23.9 Å². The lowest BCUT2D eigenvalue weighted by atomic mass is 9.94. The molecule has 0 aliphatic heterocycles. The monoisotopic (exact) mass is 414 g/mol. The van der Waals surface area contributed by atoms with Gasteiger partial charge in [-0.1, -0.05) is 12.1 Å². The molecular formula is C26H22O5. The minimum Gasteiger partial charge on any atom is -0.457 e. The van der Waals surface area contributed by atoms with Gasteiger partial charge in [-0.05, 0) is 80.9 Å². The van der Waals surface area contributed by atoms with Gasteiger partial charge in [0.15, 0.2) is 23.1 Å². The number of ether oxygens (including phenoxy) is 1. The van der Waals surface area contributed by atoms with Gasteiger partial charge in [0.05, 0.1) is 0 Å². The highest BCUT2D eigenvalue weighted by atomic mass is 16.5. The molecule has 0 fully saturated rings. The first-order chi connectivity index (χ1) is 14.7. The summed E-state index contributed by atoms with van der Waals surface area (Å²) >= 11 is 0. The van der Waals surface area contributed by atoms with Gasteiger partial charge in [0, 0.05) is 28.7 Å². The second-order valence-corrected chi connectivity index (χ2v) is 7.29. The van der Waals surface area contributed by atoms with E-state index < -0.39 is 0 Å². The lowest BCUT2D eigenvalue weighted by Gasteiger charge is -2.10. The molecule has 0 saturated carbocycles. The maximum Gasteiger partial charge on any atom is 0.167 e. The van der Waals surface area contributed by atoms with E-state index in [1.54, 1.807) is 66.7 Å². The number of benzene rings is 3. The predicted molar refractivity (Wildman–Crippen MR) is 117 cm³/mol. The van der Waals surface area contributed by atoms with Crippen molar-refractivity contribution in [1.29, 1.82) is 0 Å². The molecule has 0 bridgehead atoms. The largest absolute Gasteiger partial charge is 0.457 e. The molecule has 0 radical (unpaired) electrons. The third-order valence-electron chi connectivity index (χ3n) is 4.91. The Hall–Kier alpha value is -3.86. The van der Waals surface area contributed by atoms with Gasteiger partial charge in [0.1, 0.15) is 11.5 Å². The molecule has 3 aromatic carbocycles. The molecule has 3 rings (SSSR count). The molecule has 5 heteroatoms. The molecule has 0 amide bonds. The molecular weight excluding hydrogens is 392 g/mol. The SMILES string of the molecule is CC(=O)c1ccc(Oc2ccc(C(=O)Cc3cc(C(C)=O)ccc3C(C)=O)cc2)cc1. The van der Waals surface area contributed by atoms with E-state index >= 15 is 0 Å². The summed E-state index contributed by atoms with van der Waals surface area (Å²) in [5, 5.41) is 0. The summed E-state index contributed by atoms with van der Waals surface area (Å²) in [4.78, 5) is 47.7. The van der Waals surface area contributed by atoms with E-state index in [2.05, 4.69) is 0 Å². The van der Waals surface area contributed by atoms with E-state index in [-0.39, 0.29) is 29.6 Å². The minimum atomic E-state index is -0.166. The predicted octanol–water partition coefficient (Wildman–Crippen LogP) is 5.51. The molecule has 0 atom stereocenters. The Morgan fingerprint density at radius 2 is 1.10 bits per heavy atom. The minimum absolute atomic E-state index is 0.0166. The zero-order chi connectivity index (χ0) is 22.5. The summed E-state index contributed by atoms with van der Waals surface area (Å²) in [5.41, 5.74) is 2.52. The van der Waals surface area contributed by atoms with Crippen LogP contribution in [0.3, 0.4) is 0 Å². The van der Waals surface area contributed by atoms with Crippen molar-refractivity contribution in [3.8, 4) is 11.5 Å². The average molecular weight is 414 g/mol. The number of carbonyl (C=O) groups is 4. The molecule has 0 N–H and O–H groups in total. The van der Waals surface area contributed by atoms with E-state index in [0.29, 0.717) is 39.3 Å². The van der Waals surface area contributed by atoms with E-state index in [0.717, 1.165) is 0 Å². The molecule has 0 aromatic heterocycles. The van der Waals surface area contributed by atoms with Crippen LogP contribution in [-0.2, 0) is 6.42 Å². The Bertz CT molecular complexity index is 1160. The smallest absolute Gasteiger partial charge is 0.167 e. The van der Waals surface area contributed by atoms with Crippen LogP contribution >= 0.6 is 0 Å². The molecule has 0 heterocycles. The first kappa shape index (κ1) is 21.8. The second-order valence-electron chi connectivity index (χ2n) is 7.29. The van der Waals surface area contributed by atoms with Crippen LogP contribution in [0.1, 0.15) is 67.8 Å². The first-order valence-electron chi connectivity index (χ1n) is 9.81. The third-order valence-corrected chi connectivity index (χ3v) is 4.91. The second kappa shape index (κ2) is 9.30. The summed E-state index contributed by atoms with van der Waals surface area (Å²) in [6.07, 6.45) is 0.0166. The molecule has 31 heavy (non-hydrogen) atoms. The van der Waals surface area contributed by atoms with Gasteiger partial charge >= 0.3 is 0 Å². The standard InChI is InChI=1S/C26H22O5/c1-16(27)19-4-9-23(10-5-19)31-24-11-6-20(7-12-24)26(30)15-22-14-21(17(2)28)8-13-25(22)18(3)29/h4-14H,15H2,1-3H3. The lowest BCUT2D eigenvalue weighted by molar-refractivity contribution is 0.0983. The molecule has 0 saturated heterocycles. The normalized spacial score (nSPS) is 10.4. The van der Waals surface area contributed by atoms with E-state index in [1.807, 2.05) is 0 Å². The van der Waals surface area contributed by atoms with Crippen LogP contribution in [0.4, 0.5) is 0 Å². The van der Waals surface area contributed by atoms with Gasteiger partial charge in [0.2, 0.25) is 0 Å². The summed E-state index contributed by atoms with van der Waals surface area (Å²) in [7, 11) is 0. The fourth-order valence-corrected chi connectivity index (χ4v) is 3.18. The number of hydrogen-bond donors (Lipinski definition) is 0. The Balaban J connectivity index is 1.75.